The van der Waals surface area contributed by atoms with Crippen LogP contribution in [-0.2, 0) is 11.3 Å². The molecule has 0 unspecified atom stereocenters. The summed E-state index contributed by atoms with van der Waals surface area (Å²) in [5.41, 5.74) is 1.28. The van der Waals surface area contributed by atoms with Gasteiger partial charge in [-0.05, 0) is 36.2 Å². The molecule has 0 aromatic carbocycles. The highest BCUT2D eigenvalue weighted by Gasteiger charge is 2.20. The number of imidazole rings is 1. The van der Waals surface area contributed by atoms with Gasteiger partial charge in [-0.25, -0.2) is 9.78 Å². The van der Waals surface area contributed by atoms with Crippen molar-refractivity contribution in [2.75, 3.05) is 6.61 Å². The number of unbranched alkanes of at least 4 members (excludes halogenated alkanes) is 2. The maximum atomic E-state index is 11.8. The minimum Gasteiger partial charge on any atom is -0.461 e. The predicted molar refractivity (Wildman–Crippen MR) is 70.1 cm³/mol. The van der Waals surface area contributed by atoms with E-state index in [9.17, 15) is 4.79 Å². The summed E-state index contributed by atoms with van der Waals surface area (Å²) in [7, 11) is 0. The number of aromatic nitrogens is 2. The molecular formula is C12H19BrN2O2. The third-order valence-corrected chi connectivity index (χ3v) is 3.15. The molecule has 1 aromatic heterocycles. The van der Waals surface area contributed by atoms with E-state index < -0.39 is 0 Å². The molecule has 17 heavy (non-hydrogen) atoms. The summed E-state index contributed by atoms with van der Waals surface area (Å²) >= 11 is 3.38. The topological polar surface area (TPSA) is 44.1 Å². The Morgan fingerprint density at radius 1 is 1.41 bits per heavy atom. The molecule has 0 amide bonds. The van der Waals surface area contributed by atoms with E-state index in [4.69, 9.17) is 4.74 Å². The Morgan fingerprint density at radius 2 is 2.12 bits per heavy atom. The van der Waals surface area contributed by atoms with Crippen LogP contribution in [0.2, 0.25) is 0 Å². The molecule has 0 aliphatic heterocycles. The Balaban J connectivity index is 2.89. The molecule has 1 aromatic rings. The summed E-state index contributed by atoms with van der Waals surface area (Å²) in [4.78, 5) is 16.1. The van der Waals surface area contributed by atoms with Crippen molar-refractivity contribution in [2.24, 2.45) is 0 Å². The fourth-order valence-corrected chi connectivity index (χ4v) is 2.34. The smallest absolute Gasteiger partial charge is 0.356 e. The second kappa shape index (κ2) is 6.79. The zero-order chi connectivity index (χ0) is 12.8. The van der Waals surface area contributed by atoms with Gasteiger partial charge < -0.3 is 9.30 Å². The molecule has 0 fully saturated rings. The van der Waals surface area contributed by atoms with Crippen LogP contribution in [0.15, 0.2) is 4.73 Å². The van der Waals surface area contributed by atoms with Crippen molar-refractivity contribution < 1.29 is 9.53 Å². The molecule has 0 spiro atoms. The fourth-order valence-electron chi connectivity index (χ4n) is 1.72. The lowest BCUT2D eigenvalue weighted by Crippen LogP contribution is -2.14. The Morgan fingerprint density at radius 3 is 2.71 bits per heavy atom. The van der Waals surface area contributed by atoms with Gasteiger partial charge in [0.15, 0.2) is 10.4 Å². The second-order valence-corrected chi connectivity index (χ2v) is 4.60. The zero-order valence-corrected chi connectivity index (χ0v) is 12.2. The van der Waals surface area contributed by atoms with Gasteiger partial charge >= 0.3 is 5.97 Å². The normalized spacial score (nSPS) is 10.6. The van der Waals surface area contributed by atoms with Crippen molar-refractivity contribution in [1.29, 1.82) is 0 Å². The molecule has 0 N–H and O–H groups in total. The summed E-state index contributed by atoms with van der Waals surface area (Å²) in [5, 5.41) is 0. The Kier molecular flexibility index (Phi) is 5.68. The largest absolute Gasteiger partial charge is 0.461 e. The van der Waals surface area contributed by atoms with Crippen LogP contribution in [-0.4, -0.2) is 22.1 Å². The lowest BCUT2D eigenvalue weighted by molar-refractivity contribution is 0.0512. The maximum Gasteiger partial charge on any atom is 0.356 e. The van der Waals surface area contributed by atoms with E-state index in [-0.39, 0.29) is 5.97 Å². The number of hydrogen-bond donors (Lipinski definition) is 0. The molecule has 0 aliphatic carbocycles. The van der Waals surface area contributed by atoms with E-state index in [1.165, 1.54) is 0 Å². The van der Waals surface area contributed by atoms with E-state index >= 15 is 0 Å². The molecule has 0 saturated heterocycles. The summed E-state index contributed by atoms with van der Waals surface area (Å²) in [6, 6.07) is 0. The first kappa shape index (κ1) is 14.2. The van der Waals surface area contributed by atoms with Gasteiger partial charge in [-0.2, -0.15) is 0 Å². The summed E-state index contributed by atoms with van der Waals surface area (Å²) < 4.78 is 7.64. The van der Waals surface area contributed by atoms with E-state index in [1.807, 2.05) is 11.5 Å². The second-order valence-electron chi connectivity index (χ2n) is 3.89. The predicted octanol–water partition coefficient (Wildman–Crippen LogP) is 3.32. The SMILES string of the molecule is CCCCCn1c(Br)nc(C)c1C(=O)OCC. The summed E-state index contributed by atoms with van der Waals surface area (Å²) in [6.45, 7) is 6.97. The van der Waals surface area contributed by atoms with Crippen molar-refractivity contribution >= 4 is 21.9 Å². The molecule has 0 aliphatic rings. The number of hydrogen-bond acceptors (Lipinski definition) is 3. The van der Waals surface area contributed by atoms with Gasteiger partial charge in [0.05, 0.1) is 12.3 Å². The van der Waals surface area contributed by atoms with E-state index in [2.05, 4.69) is 27.8 Å². The van der Waals surface area contributed by atoms with Gasteiger partial charge in [-0.3, -0.25) is 0 Å². The number of halogens is 1. The molecule has 1 rings (SSSR count). The average Bonchev–Trinajstić information content (AvgIpc) is 2.54. The van der Waals surface area contributed by atoms with Crippen molar-refractivity contribution in [3.05, 3.63) is 16.1 Å². The van der Waals surface area contributed by atoms with Crippen LogP contribution in [0, 0.1) is 6.92 Å². The first-order valence-electron chi connectivity index (χ1n) is 6.01. The monoisotopic (exact) mass is 302 g/mol. The standard InChI is InChI=1S/C12H19BrN2O2/c1-4-6-7-8-15-10(11(16)17-5-2)9(3)14-12(15)13/h4-8H2,1-3H3. The Hall–Kier alpha value is -0.840. The van der Waals surface area contributed by atoms with Crippen LogP contribution in [0.1, 0.15) is 49.3 Å². The lowest BCUT2D eigenvalue weighted by Gasteiger charge is -2.09. The molecule has 1 heterocycles. The number of carbonyl (C=O) groups is 1. The first-order chi connectivity index (χ1) is 8.11. The molecule has 4 nitrogen and oxygen atoms in total. The highest BCUT2D eigenvalue weighted by atomic mass is 79.9. The van der Waals surface area contributed by atoms with Crippen LogP contribution in [0.25, 0.3) is 0 Å². The zero-order valence-electron chi connectivity index (χ0n) is 10.6. The van der Waals surface area contributed by atoms with Gasteiger partial charge in [0, 0.05) is 6.54 Å². The molecular weight excluding hydrogens is 284 g/mol. The first-order valence-corrected chi connectivity index (χ1v) is 6.80. The summed E-state index contributed by atoms with van der Waals surface area (Å²) in [6.07, 6.45) is 3.34. The number of aryl methyl sites for hydroxylation is 1. The van der Waals surface area contributed by atoms with Crippen molar-refractivity contribution in [3.63, 3.8) is 0 Å². The van der Waals surface area contributed by atoms with Gasteiger partial charge in [-0.15, -0.1) is 0 Å². The number of ether oxygens (including phenoxy) is 1. The number of esters is 1. The third-order valence-electron chi connectivity index (χ3n) is 2.55. The Bertz CT molecular complexity index is 388. The quantitative estimate of drug-likeness (QED) is 0.598. The summed E-state index contributed by atoms with van der Waals surface area (Å²) in [5.74, 6) is -0.292. The van der Waals surface area contributed by atoms with Crippen LogP contribution in [0.3, 0.4) is 0 Å². The van der Waals surface area contributed by atoms with Crippen LogP contribution < -0.4 is 0 Å². The number of carbonyl (C=O) groups excluding carboxylic acids is 1. The minimum absolute atomic E-state index is 0.292. The third kappa shape index (κ3) is 3.56. The van der Waals surface area contributed by atoms with Crippen LogP contribution in [0.4, 0.5) is 0 Å². The van der Waals surface area contributed by atoms with Crippen LogP contribution >= 0.6 is 15.9 Å². The average molecular weight is 303 g/mol. The minimum atomic E-state index is -0.292. The van der Waals surface area contributed by atoms with Gasteiger partial charge in [-0.1, -0.05) is 19.8 Å². The van der Waals surface area contributed by atoms with Crippen molar-refractivity contribution in [3.8, 4) is 0 Å². The van der Waals surface area contributed by atoms with Crippen molar-refractivity contribution in [1.82, 2.24) is 9.55 Å². The van der Waals surface area contributed by atoms with Gasteiger partial charge in [0.1, 0.15) is 0 Å². The fraction of sp³-hybridized carbons (Fsp3) is 0.667. The van der Waals surface area contributed by atoms with Crippen LogP contribution in [0.5, 0.6) is 0 Å². The van der Waals surface area contributed by atoms with E-state index in [0.717, 1.165) is 25.8 Å². The molecule has 0 atom stereocenters. The van der Waals surface area contributed by atoms with E-state index in [1.54, 1.807) is 6.92 Å². The molecule has 96 valence electrons. The molecule has 0 bridgehead atoms. The highest BCUT2D eigenvalue weighted by molar-refractivity contribution is 9.10. The highest BCUT2D eigenvalue weighted by Crippen LogP contribution is 2.18. The molecule has 0 radical (unpaired) electrons. The van der Waals surface area contributed by atoms with Crippen molar-refractivity contribution in [2.45, 2.75) is 46.6 Å². The van der Waals surface area contributed by atoms with Gasteiger partial charge in [0.25, 0.3) is 0 Å². The Labute approximate surface area is 110 Å². The molecule has 0 saturated carbocycles. The lowest BCUT2D eigenvalue weighted by atomic mass is 10.2. The molecule has 5 heteroatoms. The van der Waals surface area contributed by atoms with E-state index in [0.29, 0.717) is 22.7 Å². The van der Waals surface area contributed by atoms with Gasteiger partial charge in [0.2, 0.25) is 0 Å². The maximum absolute atomic E-state index is 11.8. The number of rotatable bonds is 6. The number of nitrogens with zero attached hydrogens (tertiary/aromatic N) is 2.